The van der Waals surface area contributed by atoms with E-state index in [1.165, 1.54) is 0 Å². The normalized spacial score (nSPS) is 10.0. The molecule has 102 valence electrons. The first kappa shape index (κ1) is 13.8. The van der Waals surface area contributed by atoms with E-state index in [1.807, 2.05) is 18.2 Å². The van der Waals surface area contributed by atoms with Crippen LogP contribution in [0.15, 0.2) is 54.6 Å². The summed E-state index contributed by atoms with van der Waals surface area (Å²) < 4.78 is 0. The number of amides is 1. The van der Waals surface area contributed by atoms with Crippen molar-refractivity contribution < 1.29 is 9.59 Å². The molecule has 0 aliphatic rings. The van der Waals surface area contributed by atoms with Crippen molar-refractivity contribution >= 4 is 17.4 Å². The summed E-state index contributed by atoms with van der Waals surface area (Å²) in [4.78, 5) is 23.5. The Bertz CT molecular complexity index is 592. The molecule has 2 aromatic carbocycles. The number of hydrogen-bond acceptors (Lipinski definition) is 3. The molecule has 0 saturated carbocycles. The van der Waals surface area contributed by atoms with Gasteiger partial charge in [0.05, 0.1) is 6.42 Å². The Morgan fingerprint density at radius 3 is 2.25 bits per heavy atom. The Morgan fingerprint density at radius 1 is 0.950 bits per heavy atom. The van der Waals surface area contributed by atoms with Crippen LogP contribution in [0.5, 0.6) is 0 Å². The van der Waals surface area contributed by atoms with Crippen LogP contribution < -0.4 is 11.1 Å². The molecule has 2 rings (SSSR count). The smallest absolute Gasteiger partial charge is 0.228 e. The Morgan fingerprint density at radius 2 is 1.60 bits per heavy atom. The van der Waals surface area contributed by atoms with Gasteiger partial charge in [0.15, 0.2) is 5.78 Å². The lowest BCUT2D eigenvalue weighted by atomic mass is 10.1. The maximum atomic E-state index is 11.8. The van der Waals surface area contributed by atoms with Crippen molar-refractivity contribution in [3.8, 4) is 0 Å². The summed E-state index contributed by atoms with van der Waals surface area (Å²) in [6.07, 6.45) is -0.140. The van der Waals surface area contributed by atoms with Gasteiger partial charge >= 0.3 is 0 Å². The average molecular weight is 268 g/mol. The van der Waals surface area contributed by atoms with Gasteiger partial charge < -0.3 is 11.1 Å². The van der Waals surface area contributed by atoms with Crippen molar-refractivity contribution in [1.29, 1.82) is 0 Å². The molecule has 0 aliphatic heterocycles. The molecule has 1 amide bonds. The van der Waals surface area contributed by atoms with E-state index in [1.54, 1.807) is 36.4 Å². The number of benzene rings is 2. The van der Waals surface area contributed by atoms with Crippen molar-refractivity contribution in [1.82, 2.24) is 5.32 Å². The van der Waals surface area contributed by atoms with Crippen LogP contribution in [0.2, 0.25) is 0 Å². The van der Waals surface area contributed by atoms with Crippen LogP contribution in [0.4, 0.5) is 5.69 Å². The highest BCUT2D eigenvalue weighted by atomic mass is 16.2. The molecule has 0 spiro atoms. The molecule has 0 aromatic heterocycles. The van der Waals surface area contributed by atoms with E-state index in [-0.39, 0.29) is 18.1 Å². The molecule has 0 radical (unpaired) electrons. The fraction of sp³-hybridized carbons (Fsp3) is 0.125. The van der Waals surface area contributed by atoms with Gasteiger partial charge in [-0.3, -0.25) is 9.59 Å². The molecule has 20 heavy (non-hydrogen) atoms. The van der Waals surface area contributed by atoms with Crippen molar-refractivity contribution in [2.45, 2.75) is 13.0 Å². The summed E-state index contributed by atoms with van der Waals surface area (Å²) in [5.41, 5.74) is 7.76. The monoisotopic (exact) mass is 268 g/mol. The van der Waals surface area contributed by atoms with E-state index >= 15 is 0 Å². The molecule has 0 aliphatic carbocycles. The first-order chi connectivity index (χ1) is 9.65. The zero-order valence-electron chi connectivity index (χ0n) is 11.0. The summed E-state index contributed by atoms with van der Waals surface area (Å²) in [5.74, 6) is -0.462. The molecule has 4 nitrogen and oxygen atoms in total. The van der Waals surface area contributed by atoms with Gasteiger partial charge in [0.25, 0.3) is 0 Å². The second kappa shape index (κ2) is 6.52. The largest absolute Gasteiger partial charge is 0.399 e. The summed E-state index contributed by atoms with van der Waals surface area (Å²) in [7, 11) is 0. The number of nitrogens with two attached hydrogens (primary N) is 1. The van der Waals surface area contributed by atoms with E-state index in [9.17, 15) is 9.59 Å². The molecule has 0 unspecified atom stereocenters. The molecule has 3 N–H and O–H groups in total. The third-order valence-electron chi connectivity index (χ3n) is 2.89. The topological polar surface area (TPSA) is 72.2 Å². The van der Waals surface area contributed by atoms with Crippen molar-refractivity contribution in [3.05, 3.63) is 65.7 Å². The summed E-state index contributed by atoms with van der Waals surface area (Å²) in [6.45, 7) is 0.390. The van der Waals surface area contributed by atoms with Crippen molar-refractivity contribution in [2.24, 2.45) is 0 Å². The van der Waals surface area contributed by atoms with Crippen molar-refractivity contribution in [2.75, 3.05) is 5.73 Å². The molecule has 0 fully saturated rings. The van der Waals surface area contributed by atoms with Crippen LogP contribution in [0.25, 0.3) is 0 Å². The number of anilines is 1. The Balaban J connectivity index is 1.84. The van der Waals surface area contributed by atoms with Crippen molar-refractivity contribution in [3.63, 3.8) is 0 Å². The highest BCUT2D eigenvalue weighted by molar-refractivity contribution is 6.07. The van der Waals surface area contributed by atoms with E-state index < -0.39 is 0 Å². The number of carbonyl (C=O) groups excluding carboxylic acids is 2. The number of nitrogen functional groups attached to an aromatic ring is 1. The lowest BCUT2D eigenvalue weighted by Gasteiger charge is -2.05. The van der Waals surface area contributed by atoms with E-state index in [2.05, 4.69) is 5.32 Å². The first-order valence-corrected chi connectivity index (χ1v) is 6.34. The van der Waals surface area contributed by atoms with Gasteiger partial charge in [0.2, 0.25) is 5.91 Å². The Labute approximate surface area is 117 Å². The van der Waals surface area contributed by atoms with Crippen LogP contribution in [-0.4, -0.2) is 11.7 Å². The quantitative estimate of drug-likeness (QED) is 0.496. The number of hydrogen-bond donors (Lipinski definition) is 2. The second-order valence-corrected chi connectivity index (χ2v) is 4.48. The second-order valence-electron chi connectivity index (χ2n) is 4.48. The van der Waals surface area contributed by atoms with Gasteiger partial charge in [0, 0.05) is 17.8 Å². The van der Waals surface area contributed by atoms with E-state index in [4.69, 9.17) is 5.73 Å². The fourth-order valence-corrected chi connectivity index (χ4v) is 1.77. The summed E-state index contributed by atoms with van der Waals surface area (Å²) >= 11 is 0. The first-order valence-electron chi connectivity index (χ1n) is 6.34. The maximum Gasteiger partial charge on any atom is 0.228 e. The average Bonchev–Trinajstić information content (AvgIpc) is 2.47. The Hall–Kier alpha value is -2.62. The predicted molar refractivity (Wildman–Crippen MR) is 78.1 cm³/mol. The van der Waals surface area contributed by atoms with Gasteiger partial charge in [0.1, 0.15) is 0 Å². The molecule has 0 heterocycles. The maximum absolute atomic E-state index is 11.8. The highest BCUT2D eigenvalue weighted by Gasteiger charge is 2.10. The van der Waals surface area contributed by atoms with Crippen LogP contribution in [0.1, 0.15) is 22.3 Å². The SMILES string of the molecule is Nc1ccc(CNC(=O)CC(=O)c2ccccc2)cc1. The van der Waals surface area contributed by atoms with Crippen LogP contribution in [0.3, 0.4) is 0 Å². The molecular formula is C16H16N2O2. The molecule has 0 saturated heterocycles. The lowest BCUT2D eigenvalue weighted by molar-refractivity contribution is -0.120. The third-order valence-corrected chi connectivity index (χ3v) is 2.89. The fourth-order valence-electron chi connectivity index (χ4n) is 1.77. The molecule has 2 aromatic rings. The number of carbonyl (C=O) groups is 2. The number of Topliss-reactive ketones (excluding diaryl/α,β-unsaturated/α-hetero) is 1. The Kier molecular flexibility index (Phi) is 4.50. The number of nitrogens with one attached hydrogen (secondary N) is 1. The van der Waals surface area contributed by atoms with Gasteiger partial charge in [-0.1, -0.05) is 42.5 Å². The van der Waals surface area contributed by atoms with Gasteiger partial charge in [-0.2, -0.15) is 0 Å². The third kappa shape index (κ3) is 3.95. The van der Waals surface area contributed by atoms with Crippen LogP contribution >= 0.6 is 0 Å². The minimum Gasteiger partial charge on any atom is -0.399 e. The molecule has 4 heteroatoms. The number of rotatable bonds is 5. The molecular weight excluding hydrogens is 252 g/mol. The van der Waals surface area contributed by atoms with E-state index in [0.29, 0.717) is 17.8 Å². The zero-order valence-corrected chi connectivity index (χ0v) is 11.0. The number of ketones is 1. The van der Waals surface area contributed by atoms with Gasteiger partial charge in [-0.05, 0) is 17.7 Å². The summed E-state index contributed by atoms with van der Waals surface area (Å²) in [6, 6.07) is 16.0. The van der Waals surface area contributed by atoms with Crippen LogP contribution in [0, 0.1) is 0 Å². The predicted octanol–water partition coefficient (Wildman–Crippen LogP) is 2.16. The molecule has 0 atom stereocenters. The lowest BCUT2D eigenvalue weighted by Crippen LogP contribution is -2.25. The minimum atomic E-state index is -0.282. The summed E-state index contributed by atoms with van der Waals surface area (Å²) in [5, 5.41) is 2.72. The van der Waals surface area contributed by atoms with Gasteiger partial charge in [-0.25, -0.2) is 0 Å². The van der Waals surface area contributed by atoms with Gasteiger partial charge in [-0.15, -0.1) is 0 Å². The highest BCUT2D eigenvalue weighted by Crippen LogP contribution is 2.06. The van der Waals surface area contributed by atoms with Crippen LogP contribution in [-0.2, 0) is 11.3 Å². The molecule has 0 bridgehead atoms. The standard InChI is InChI=1S/C16H16N2O2/c17-14-8-6-12(7-9-14)11-18-16(20)10-15(19)13-4-2-1-3-5-13/h1-9H,10-11,17H2,(H,18,20). The van der Waals surface area contributed by atoms with E-state index in [0.717, 1.165) is 5.56 Å². The minimum absolute atomic E-state index is 0.140. The zero-order chi connectivity index (χ0) is 14.4.